The normalized spacial score (nSPS) is 16.2. The fourth-order valence-corrected chi connectivity index (χ4v) is 2.78. The Morgan fingerprint density at radius 2 is 1.73 bits per heavy atom. The number of rotatable bonds is 2. The van der Waals surface area contributed by atoms with Crippen LogP contribution in [0, 0.1) is 35.5 Å². The molecule has 0 spiro atoms. The largest absolute Gasteiger partial charge is 0.361 e. The van der Waals surface area contributed by atoms with Gasteiger partial charge in [0, 0.05) is 16.4 Å². The van der Waals surface area contributed by atoms with Gasteiger partial charge in [0.2, 0.25) is 0 Å². The van der Waals surface area contributed by atoms with Crippen molar-refractivity contribution in [3.8, 4) is 12.1 Å². The summed E-state index contributed by atoms with van der Waals surface area (Å²) in [5.41, 5.74) is 4.54. The topological polar surface area (TPSA) is 59.6 Å². The van der Waals surface area contributed by atoms with E-state index in [1.165, 1.54) is 0 Å². The van der Waals surface area contributed by atoms with E-state index >= 15 is 0 Å². The first-order valence-electron chi connectivity index (χ1n) is 6.91. The van der Waals surface area contributed by atoms with Gasteiger partial charge in [-0.15, -0.1) is 0 Å². The maximum Gasteiger partial charge on any atom is 0.0975 e. The molecule has 3 nitrogen and oxygen atoms in total. The quantitative estimate of drug-likeness (QED) is 0.881. The van der Waals surface area contributed by atoms with Gasteiger partial charge in [-0.1, -0.05) is 47.5 Å². The van der Waals surface area contributed by atoms with Crippen molar-refractivity contribution in [2.45, 2.75) is 20.8 Å². The van der Waals surface area contributed by atoms with E-state index in [-0.39, 0.29) is 0 Å². The fraction of sp³-hybridized carbons (Fsp3) is 0.222. The SMILES string of the molecule is CC1=C(C#N)C(C=C(Cl)c2cccc(C)c2)C(C#N)=C(C)N1. The van der Waals surface area contributed by atoms with Crippen LogP contribution in [0.25, 0.3) is 5.03 Å². The lowest BCUT2D eigenvalue weighted by atomic mass is 9.86. The monoisotopic (exact) mass is 309 g/mol. The van der Waals surface area contributed by atoms with Gasteiger partial charge in [-0.05, 0) is 26.3 Å². The smallest absolute Gasteiger partial charge is 0.0975 e. The molecule has 0 saturated heterocycles. The van der Waals surface area contributed by atoms with E-state index in [9.17, 15) is 10.5 Å². The zero-order chi connectivity index (χ0) is 16.3. The van der Waals surface area contributed by atoms with Gasteiger partial charge in [0.15, 0.2) is 0 Å². The van der Waals surface area contributed by atoms with Gasteiger partial charge in [-0.25, -0.2) is 0 Å². The lowest BCUT2D eigenvalue weighted by Crippen LogP contribution is -2.23. The van der Waals surface area contributed by atoms with Crippen molar-refractivity contribution in [2.24, 2.45) is 5.92 Å². The second kappa shape index (κ2) is 6.52. The first-order chi connectivity index (χ1) is 10.5. The summed E-state index contributed by atoms with van der Waals surface area (Å²) in [7, 11) is 0. The highest BCUT2D eigenvalue weighted by Crippen LogP contribution is 2.33. The number of halogens is 1. The maximum atomic E-state index is 9.41. The first kappa shape index (κ1) is 15.9. The van der Waals surface area contributed by atoms with Crippen molar-refractivity contribution in [3.63, 3.8) is 0 Å². The summed E-state index contributed by atoms with van der Waals surface area (Å²) in [6, 6.07) is 12.2. The van der Waals surface area contributed by atoms with E-state index in [1.54, 1.807) is 6.08 Å². The molecular weight excluding hydrogens is 294 g/mol. The highest BCUT2D eigenvalue weighted by molar-refractivity contribution is 6.48. The molecule has 1 heterocycles. The van der Waals surface area contributed by atoms with E-state index < -0.39 is 5.92 Å². The number of allylic oxidation sites excluding steroid dienone is 5. The average molecular weight is 310 g/mol. The highest BCUT2D eigenvalue weighted by Gasteiger charge is 2.26. The van der Waals surface area contributed by atoms with Gasteiger partial charge < -0.3 is 5.32 Å². The van der Waals surface area contributed by atoms with E-state index in [0.717, 1.165) is 22.5 Å². The number of hydrogen-bond donors (Lipinski definition) is 1. The second-order valence-electron chi connectivity index (χ2n) is 5.29. The van der Waals surface area contributed by atoms with Crippen molar-refractivity contribution >= 4 is 16.6 Å². The standard InChI is InChI=1S/C18H16ClN3/c1-11-5-4-6-14(7-11)18(19)8-15-16(9-20)12(2)22-13(3)17(15)10-21/h4-8,15,22H,1-3H3. The number of aryl methyl sites for hydroxylation is 1. The predicted octanol–water partition coefficient (Wildman–Crippen LogP) is 4.39. The minimum absolute atomic E-state index is 0.413. The van der Waals surface area contributed by atoms with Crippen molar-refractivity contribution in [1.29, 1.82) is 10.5 Å². The van der Waals surface area contributed by atoms with Crippen LogP contribution in [0.5, 0.6) is 0 Å². The Morgan fingerprint density at radius 1 is 1.14 bits per heavy atom. The van der Waals surface area contributed by atoms with E-state index in [0.29, 0.717) is 16.2 Å². The second-order valence-corrected chi connectivity index (χ2v) is 5.69. The molecule has 1 aliphatic rings. The molecule has 4 heteroatoms. The third kappa shape index (κ3) is 3.06. The molecule has 0 saturated carbocycles. The van der Waals surface area contributed by atoms with Crippen molar-refractivity contribution in [3.05, 3.63) is 64.0 Å². The number of hydrogen-bond acceptors (Lipinski definition) is 3. The number of benzene rings is 1. The van der Waals surface area contributed by atoms with Crippen molar-refractivity contribution in [1.82, 2.24) is 5.32 Å². The Kier molecular flexibility index (Phi) is 4.71. The van der Waals surface area contributed by atoms with Crippen LogP contribution in [0.1, 0.15) is 25.0 Å². The Hall–Kier alpha value is -2.49. The Morgan fingerprint density at radius 3 is 2.23 bits per heavy atom. The molecule has 0 unspecified atom stereocenters. The molecular formula is C18H16ClN3. The van der Waals surface area contributed by atoms with Crippen LogP contribution in [0.3, 0.4) is 0 Å². The summed E-state index contributed by atoms with van der Waals surface area (Å²) in [5, 5.41) is 22.4. The minimum atomic E-state index is -0.413. The lowest BCUT2D eigenvalue weighted by molar-refractivity contribution is 0.799. The molecule has 1 aliphatic heterocycles. The van der Waals surface area contributed by atoms with Gasteiger partial charge in [-0.2, -0.15) is 10.5 Å². The van der Waals surface area contributed by atoms with Crippen LogP contribution in [0.15, 0.2) is 52.9 Å². The summed E-state index contributed by atoms with van der Waals surface area (Å²) in [5.74, 6) is -0.413. The van der Waals surface area contributed by atoms with E-state index in [4.69, 9.17) is 11.6 Å². The summed E-state index contributed by atoms with van der Waals surface area (Å²) >= 11 is 6.43. The molecule has 0 amide bonds. The zero-order valence-corrected chi connectivity index (χ0v) is 13.5. The van der Waals surface area contributed by atoms with Crippen LogP contribution < -0.4 is 5.32 Å². The van der Waals surface area contributed by atoms with Crippen LogP contribution in [0.2, 0.25) is 0 Å². The van der Waals surface area contributed by atoms with E-state index in [1.807, 2.05) is 45.0 Å². The summed E-state index contributed by atoms with van der Waals surface area (Å²) in [4.78, 5) is 0. The molecule has 0 bridgehead atoms. The van der Waals surface area contributed by atoms with Gasteiger partial charge >= 0.3 is 0 Å². The molecule has 0 fully saturated rings. The summed E-state index contributed by atoms with van der Waals surface area (Å²) in [6.07, 6.45) is 1.78. The molecule has 22 heavy (non-hydrogen) atoms. The first-order valence-corrected chi connectivity index (χ1v) is 7.28. The Labute approximate surface area is 135 Å². The number of dihydropyridines is 1. The van der Waals surface area contributed by atoms with Crippen LogP contribution >= 0.6 is 11.6 Å². The van der Waals surface area contributed by atoms with Gasteiger partial charge in [-0.3, -0.25) is 0 Å². The van der Waals surface area contributed by atoms with Gasteiger partial charge in [0.05, 0.1) is 29.2 Å². The van der Waals surface area contributed by atoms with Gasteiger partial charge in [0.25, 0.3) is 0 Å². The molecule has 0 atom stereocenters. The molecule has 0 aliphatic carbocycles. The zero-order valence-electron chi connectivity index (χ0n) is 12.7. The molecule has 110 valence electrons. The van der Waals surface area contributed by atoms with Crippen LogP contribution in [0.4, 0.5) is 0 Å². The fourth-order valence-electron chi connectivity index (χ4n) is 2.54. The number of nitrogens with one attached hydrogen (secondary N) is 1. The average Bonchev–Trinajstić information content (AvgIpc) is 2.47. The highest BCUT2D eigenvalue weighted by atomic mass is 35.5. The molecule has 1 aromatic carbocycles. The predicted molar refractivity (Wildman–Crippen MR) is 88.3 cm³/mol. The minimum Gasteiger partial charge on any atom is -0.361 e. The van der Waals surface area contributed by atoms with Crippen LogP contribution in [-0.2, 0) is 0 Å². The molecule has 0 radical (unpaired) electrons. The Balaban J connectivity index is 2.52. The van der Waals surface area contributed by atoms with Crippen molar-refractivity contribution in [2.75, 3.05) is 0 Å². The number of nitriles is 2. The van der Waals surface area contributed by atoms with E-state index in [2.05, 4.69) is 17.5 Å². The molecule has 0 aromatic heterocycles. The maximum absolute atomic E-state index is 9.41. The molecule has 2 rings (SSSR count). The third-order valence-electron chi connectivity index (χ3n) is 3.65. The summed E-state index contributed by atoms with van der Waals surface area (Å²) < 4.78 is 0. The van der Waals surface area contributed by atoms with Gasteiger partial charge in [0.1, 0.15) is 0 Å². The summed E-state index contributed by atoms with van der Waals surface area (Å²) in [6.45, 7) is 5.66. The number of nitrogens with zero attached hydrogens (tertiary/aromatic N) is 2. The van der Waals surface area contributed by atoms with Crippen LogP contribution in [-0.4, -0.2) is 0 Å². The van der Waals surface area contributed by atoms with Crippen molar-refractivity contribution < 1.29 is 0 Å². The third-order valence-corrected chi connectivity index (χ3v) is 4.00. The Bertz CT molecular complexity index is 749. The lowest BCUT2D eigenvalue weighted by Gasteiger charge is -2.24. The molecule has 1 aromatic rings. The molecule has 1 N–H and O–H groups in total.